The first kappa shape index (κ1) is 12.4. The standard InChI is InChI=1S/C11H13NO3S/c1-2-9(11(14)15)12-10(13)4-3-8-5-6-16-7-8/h3-7,9H,2H2,1H3,(H,12,13)(H,14,15)/b4-3+. The van der Waals surface area contributed by atoms with Gasteiger partial charge >= 0.3 is 5.97 Å². The molecular weight excluding hydrogens is 226 g/mol. The lowest BCUT2D eigenvalue weighted by Crippen LogP contribution is -2.39. The Morgan fingerprint density at radius 2 is 2.38 bits per heavy atom. The summed E-state index contributed by atoms with van der Waals surface area (Å²) in [5.41, 5.74) is 0.934. The van der Waals surface area contributed by atoms with Gasteiger partial charge in [-0.25, -0.2) is 4.79 Å². The van der Waals surface area contributed by atoms with Gasteiger partial charge in [-0.05, 0) is 34.9 Å². The fraction of sp³-hybridized carbons (Fsp3) is 0.273. The number of carbonyl (C=O) groups is 2. The Bertz CT molecular complexity index is 384. The summed E-state index contributed by atoms with van der Waals surface area (Å²) in [7, 11) is 0. The van der Waals surface area contributed by atoms with E-state index >= 15 is 0 Å². The lowest BCUT2D eigenvalue weighted by molar-refractivity contribution is -0.141. The predicted octanol–water partition coefficient (Wildman–Crippen LogP) is 1.74. The zero-order valence-corrected chi connectivity index (χ0v) is 9.66. The summed E-state index contributed by atoms with van der Waals surface area (Å²) in [6.45, 7) is 1.71. The zero-order valence-electron chi connectivity index (χ0n) is 8.84. The van der Waals surface area contributed by atoms with Crippen molar-refractivity contribution in [2.75, 3.05) is 0 Å². The Hall–Kier alpha value is -1.62. The molecule has 0 spiro atoms. The van der Waals surface area contributed by atoms with Gasteiger partial charge in [0.1, 0.15) is 6.04 Å². The van der Waals surface area contributed by atoms with E-state index in [1.807, 2.05) is 16.8 Å². The second-order valence-electron chi connectivity index (χ2n) is 3.20. The largest absolute Gasteiger partial charge is 0.480 e. The van der Waals surface area contributed by atoms with Gasteiger partial charge in [-0.1, -0.05) is 6.92 Å². The molecule has 0 aliphatic heterocycles. The number of hydrogen-bond donors (Lipinski definition) is 2. The van der Waals surface area contributed by atoms with Crippen LogP contribution < -0.4 is 5.32 Å². The number of carboxylic acid groups (broad SMARTS) is 1. The van der Waals surface area contributed by atoms with Gasteiger partial charge in [-0.15, -0.1) is 0 Å². The Balaban J connectivity index is 2.50. The van der Waals surface area contributed by atoms with E-state index in [1.165, 1.54) is 17.4 Å². The summed E-state index contributed by atoms with van der Waals surface area (Å²) in [5, 5.41) is 15.0. The van der Waals surface area contributed by atoms with Crippen LogP contribution in [-0.4, -0.2) is 23.0 Å². The molecule has 0 radical (unpaired) electrons. The Labute approximate surface area is 97.6 Å². The monoisotopic (exact) mass is 239 g/mol. The molecule has 2 N–H and O–H groups in total. The molecular formula is C11H13NO3S. The van der Waals surface area contributed by atoms with Gasteiger partial charge in [0.2, 0.25) is 5.91 Å². The Kier molecular flexibility index (Phi) is 4.72. The van der Waals surface area contributed by atoms with Crippen LogP contribution in [0.4, 0.5) is 0 Å². The summed E-state index contributed by atoms with van der Waals surface area (Å²) in [5.74, 6) is -1.40. The molecule has 0 saturated heterocycles. The molecule has 1 amide bonds. The molecule has 1 heterocycles. The van der Waals surface area contributed by atoms with Gasteiger partial charge < -0.3 is 10.4 Å². The van der Waals surface area contributed by atoms with Crippen molar-refractivity contribution in [1.29, 1.82) is 0 Å². The van der Waals surface area contributed by atoms with Crippen LogP contribution in [0.15, 0.2) is 22.9 Å². The third-order valence-corrected chi connectivity index (χ3v) is 2.69. The van der Waals surface area contributed by atoms with E-state index in [9.17, 15) is 9.59 Å². The van der Waals surface area contributed by atoms with E-state index in [2.05, 4.69) is 5.32 Å². The topological polar surface area (TPSA) is 66.4 Å². The van der Waals surface area contributed by atoms with Crippen LogP contribution in [0.1, 0.15) is 18.9 Å². The molecule has 0 fully saturated rings. The average Bonchev–Trinajstić information content (AvgIpc) is 2.75. The van der Waals surface area contributed by atoms with E-state index in [4.69, 9.17) is 5.11 Å². The number of aliphatic carboxylic acids is 1. The van der Waals surface area contributed by atoms with E-state index in [0.29, 0.717) is 6.42 Å². The first-order valence-electron chi connectivity index (χ1n) is 4.87. The Morgan fingerprint density at radius 3 is 2.88 bits per heavy atom. The molecule has 0 aliphatic rings. The summed E-state index contributed by atoms with van der Waals surface area (Å²) in [6, 6.07) is 1.06. The van der Waals surface area contributed by atoms with Crippen molar-refractivity contribution in [3.63, 3.8) is 0 Å². The van der Waals surface area contributed by atoms with E-state index in [1.54, 1.807) is 13.0 Å². The molecule has 86 valence electrons. The number of thiophene rings is 1. The van der Waals surface area contributed by atoms with Crippen molar-refractivity contribution < 1.29 is 14.7 Å². The van der Waals surface area contributed by atoms with Gasteiger partial charge in [0.05, 0.1) is 0 Å². The number of rotatable bonds is 5. The van der Waals surface area contributed by atoms with Crippen LogP contribution in [0.3, 0.4) is 0 Å². The molecule has 1 unspecified atom stereocenters. The fourth-order valence-electron chi connectivity index (χ4n) is 1.10. The van der Waals surface area contributed by atoms with Crippen LogP contribution in [0.2, 0.25) is 0 Å². The van der Waals surface area contributed by atoms with E-state index < -0.39 is 12.0 Å². The van der Waals surface area contributed by atoms with Gasteiger partial charge in [0, 0.05) is 6.08 Å². The molecule has 5 heteroatoms. The smallest absolute Gasteiger partial charge is 0.326 e. The molecule has 0 aliphatic carbocycles. The second kappa shape index (κ2) is 6.07. The van der Waals surface area contributed by atoms with Crippen molar-refractivity contribution >= 4 is 29.3 Å². The highest BCUT2D eigenvalue weighted by molar-refractivity contribution is 7.08. The highest BCUT2D eigenvalue weighted by atomic mass is 32.1. The van der Waals surface area contributed by atoms with Gasteiger partial charge in [-0.3, -0.25) is 4.79 Å². The minimum Gasteiger partial charge on any atom is -0.480 e. The van der Waals surface area contributed by atoms with E-state index in [0.717, 1.165) is 5.56 Å². The van der Waals surface area contributed by atoms with Crippen molar-refractivity contribution in [2.45, 2.75) is 19.4 Å². The Morgan fingerprint density at radius 1 is 1.62 bits per heavy atom. The fourth-order valence-corrected chi connectivity index (χ4v) is 1.73. The maximum Gasteiger partial charge on any atom is 0.326 e. The van der Waals surface area contributed by atoms with Crippen LogP contribution in [0, 0.1) is 0 Å². The van der Waals surface area contributed by atoms with Gasteiger partial charge in [0.15, 0.2) is 0 Å². The molecule has 0 bridgehead atoms. The van der Waals surface area contributed by atoms with Gasteiger partial charge in [0.25, 0.3) is 0 Å². The number of hydrogen-bond acceptors (Lipinski definition) is 3. The predicted molar refractivity (Wildman–Crippen MR) is 63.2 cm³/mol. The number of nitrogens with one attached hydrogen (secondary N) is 1. The maximum absolute atomic E-state index is 11.4. The van der Waals surface area contributed by atoms with Crippen molar-refractivity contribution in [3.05, 3.63) is 28.5 Å². The number of amides is 1. The third-order valence-electron chi connectivity index (χ3n) is 1.99. The number of carbonyl (C=O) groups excluding carboxylic acids is 1. The third kappa shape index (κ3) is 3.86. The van der Waals surface area contributed by atoms with Crippen molar-refractivity contribution in [2.24, 2.45) is 0 Å². The van der Waals surface area contributed by atoms with Gasteiger partial charge in [-0.2, -0.15) is 11.3 Å². The molecule has 0 aromatic carbocycles. The van der Waals surface area contributed by atoms with Crippen molar-refractivity contribution in [1.82, 2.24) is 5.32 Å². The molecule has 1 aromatic heterocycles. The highest BCUT2D eigenvalue weighted by Crippen LogP contribution is 2.07. The molecule has 16 heavy (non-hydrogen) atoms. The summed E-state index contributed by atoms with van der Waals surface area (Å²) < 4.78 is 0. The summed E-state index contributed by atoms with van der Waals surface area (Å²) in [4.78, 5) is 22.0. The zero-order chi connectivity index (χ0) is 12.0. The quantitative estimate of drug-likeness (QED) is 0.769. The minimum absolute atomic E-state index is 0.368. The number of carboxylic acids is 1. The van der Waals surface area contributed by atoms with Crippen LogP contribution in [-0.2, 0) is 9.59 Å². The average molecular weight is 239 g/mol. The first-order chi connectivity index (χ1) is 7.63. The molecule has 1 aromatic rings. The normalized spacial score (nSPS) is 12.6. The summed E-state index contributed by atoms with van der Waals surface area (Å²) in [6.07, 6.45) is 3.36. The molecule has 4 nitrogen and oxygen atoms in total. The molecule has 0 saturated carbocycles. The highest BCUT2D eigenvalue weighted by Gasteiger charge is 2.15. The van der Waals surface area contributed by atoms with Crippen LogP contribution in [0.25, 0.3) is 6.08 Å². The second-order valence-corrected chi connectivity index (χ2v) is 3.98. The van der Waals surface area contributed by atoms with Crippen LogP contribution >= 0.6 is 11.3 Å². The minimum atomic E-state index is -1.01. The lowest BCUT2D eigenvalue weighted by Gasteiger charge is -2.09. The molecule has 1 rings (SSSR count). The SMILES string of the molecule is CCC(NC(=O)/C=C/c1ccsc1)C(=O)O. The van der Waals surface area contributed by atoms with E-state index in [-0.39, 0.29) is 5.91 Å². The molecule has 1 atom stereocenters. The summed E-state index contributed by atoms with van der Waals surface area (Å²) >= 11 is 1.54. The lowest BCUT2D eigenvalue weighted by atomic mass is 10.2. The first-order valence-corrected chi connectivity index (χ1v) is 5.81. The maximum atomic E-state index is 11.4. The van der Waals surface area contributed by atoms with Crippen molar-refractivity contribution in [3.8, 4) is 0 Å². The van der Waals surface area contributed by atoms with Crippen LogP contribution in [0.5, 0.6) is 0 Å².